The lowest BCUT2D eigenvalue weighted by Gasteiger charge is -2.17. The number of hydrogen-bond acceptors (Lipinski definition) is 4. The summed E-state index contributed by atoms with van der Waals surface area (Å²) < 4.78 is 0. The Labute approximate surface area is 98.7 Å². The lowest BCUT2D eigenvalue weighted by molar-refractivity contribution is 0.0702. The van der Waals surface area contributed by atoms with Gasteiger partial charge in [0.25, 0.3) is 0 Å². The zero-order valence-corrected chi connectivity index (χ0v) is 10.3. The average Bonchev–Trinajstić information content (AvgIpc) is 2.73. The van der Waals surface area contributed by atoms with Crippen molar-refractivity contribution < 1.29 is 9.90 Å². The molecule has 88 valence electrons. The fraction of sp³-hybridized carbons (Fsp3) is 0.636. The second-order valence-corrected chi connectivity index (χ2v) is 6.11. The molecule has 4 nitrogen and oxygen atoms in total. The lowest BCUT2D eigenvalue weighted by Crippen LogP contribution is -2.17. The molecule has 1 aliphatic carbocycles. The van der Waals surface area contributed by atoms with E-state index in [1.807, 2.05) is 0 Å². The largest absolute Gasteiger partial charge is 0.477 e. The van der Waals surface area contributed by atoms with Gasteiger partial charge in [-0.25, -0.2) is 9.78 Å². The fourth-order valence-electron chi connectivity index (χ4n) is 2.17. The summed E-state index contributed by atoms with van der Waals surface area (Å²) in [6.45, 7) is 4.53. The van der Waals surface area contributed by atoms with Crippen LogP contribution in [0.1, 0.15) is 42.8 Å². The van der Waals surface area contributed by atoms with Gasteiger partial charge in [-0.15, -0.1) is 0 Å². The molecule has 1 aliphatic rings. The molecular weight excluding hydrogens is 224 g/mol. The zero-order chi connectivity index (χ0) is 11.8. The molecule has 16 heavy (non-hydrogen) atoms. The van der Waals surface area contributed by atoms with Crippen LogP contribution in [0.3, 0.4) is 0 Å². The van der Waals surface area contributed by atoms with Gasteiger partial charge in [-0.2, -0.15) is 0 Å². The first-order valence-electron chi connectivity index (χ1n) is 5.42. The van der Waals surface area contributed by atoms with Crippen molar-refractivity contribution in [2.75, 3.05) is 5.32 Å². The molecule has 1 aromatic rings. The standard InChI is InChI=1S/C11H16N2O2S/c1-11(2)4-3-7(5-11)13-10-12-6-8(16-10)9(14)15/h6-7H,3-5H2,1-2H3,(H,12,13)(H,14,15). The molecule has 1 atom stereocenters. The van der Waals surface area contributed by atoms with Crippen LogP contribution in [0.15, 0.2) is 6.20 Å². The van der Waals surface area contributed by atoms with Crippen molar-refractivity contribution in [1.29, 1.82) is 0 Å². The van der Waals surface area contributed by atoms with Gasteiger partial charge in [-0.3, -0.25) is 0 Å². The number of carboxylic acids is 1. The summed E-state index contributed by atoms with van der Waals surface area (Å²) in [4.78, 5) is 15.1. The molecule has 0 aliphatic heterocycles. The smallest absolute Gasteiger partial charge is 0.347 e. The Kier molecular flexibility index (Phi) is 2.88. The monoisotopic (exact) mass is 240 g/mol. The molecule has 0 radical (unpaired) electrons. The van der Waals surface area contributed by atoms with Crippen LogP contribution in [0.2, 0.25) is 0 Å². The maximum atomic E-state index is 10.7. The quantitative estimate of drug-likeness (QED) is 0.852. The lowest BCUT2D eigenvalue weighted by atomic mass is 9.92. The minimum atomic E-state index is -0.905. The summed E-state index contributed by atoms with van der Waals surface area (Å²) in [6.07, 6.45) is 4.88. The molecule has 1 saturated carbocycles. The Morgan fingerprint density at radius 3 is 2.94 bits per heavy atom. The van der Waals surface area contributed by atoms with E-state index in [9.17, 15) is 4.79 Å². The van der Waals surface area contributed by atoms with E-state index in [1.54, 1.807) is 0 Å². The number of rotatable bonds is 3. The van der Waals surface area contributed by atoms with Crippen LogP contribution >= 0.6 is 11.3 Å². The SMILES string of the molecule is CC1(C)CCC(Nc2ncc(C(=O)O)s2)C1. The summed E-state index contributed by atoms with van der Waals surface area (Å²) in [5, 5.41) is 12.8. The molecule has 0 amide bonds. The molecule has 0 bridgehead atoms. The van der Waals surface area contributed by atoms with E-state index in [4.69, 9.17) is 5.11 Å². The van der Waals surface area contributed by atoms with Gasteiger partial charge in [-0.1, -0.05) is 25.2 Å². The van der Waals surface area contributed by atoms with Crippen LogP contribution in [-0.4, -0.2) is 22.1 Å². The van der Waals surface area contributed by atoms with Crippen LogP contribution in [0.25, 0.3) is 0 Å². The molecule has 1 unspecified atom stereocenters. The van der Waals surface area contributed by atoms with E-state index in [0.717, 1.165) is 18.0 Å². The van der Waals surface area contributed by atoms with Crippen molar-refractivity contribution in [3.8, 4) is 0 Å². The number of carboxylic acid groups (broad SMARTS) is 1. The van der Waals surface area contributed by atoms with Gasteiger partial charge >= 0.3 is 5.97 Å². The predicted octanol–water partition coefficient (Wildman–Crippen LogP) is 2.83. The number of aromatic carboxylic acids is 1. The number of nitrogens with zero attached hydrogens (tertiary/aromatic N) is 1. The van der Waals surface area contributed by atoms with E-state index in [1.165, 1.54) is 24.0 Å². The predicted molar refractivity (Wildman–Crippen MR) is 64.1 cm³/mol. The van der Waals surface area contributed by atoms with Crippen molar-refractivity contribution in [2.45, 2.75) is 39.2 Å². The highest BCUT2D eigenvalue weighted by atomic mass is 32.1. The minimum Gasteiger partial charge on any atom is -0.477 e. The highest BCUT2D eigenvalue weighted by Crippen LogP contribution is 2.38. The molecule has 0 spiro atoms. The topological polar surface area (TPSA) is 62.2 Å². The van der Waals surface area contributed by atoms with Crippen LogP contribution in [0, 0.1) is 5.41 Å². The van der Waals surface area contributed by atoms with Crippen molar-refractivity contribution in [1.82, 2.24) is 4.98 Å². The second kappa shape index (κ2) is 4.05. The highest BCUT2D eigenvalue weighted by molar-refractivity contribution is 7.17. The van der Waals surface area contributed by atoms with E-state index in [-0.39, 0.29) is 0 Å². The molecule has 5 heteroatoms. The highest BCUT2D eigenvalue weighted by Gasteiger charge is 2.31. The van der Waals surface area contributed by atoms with Gasteiger partial charge in [0, 0.05) is 6.04 Å². The van der Waals surface area contributed by atoms with Crippen molar-refractivity contribution in [3.05, 3.63) is 11.1 Å². The first-order chi connectivity index (χ1) is 7.46. The van der Waals surface area contributed by atoms with Crippen molar-refractivity contribution in [2.24, 2.45) is 5.41 Å². The number of anilines is 1. The van der Waals surface area contributed by atoms with E-state index in [0.29, 0.717) is 16.3 Å². The van der Waals surface area contributed by atoms with Gasteiger partial charge < -0.3 is 10.4 Å². The van der Waals surface area contributed by atoms with Crippen molar-refractivity contribution >= 4 is 22.4 Å². The van der Waals surface area contributed by atoms with Crippen LogP contribution in [0.5, 0.6) is 0 Å². The number of nitrogens with one attached hydrogen (secondary N) is 1. The summed E-state index contributed by atoms with van der Waals surface area (Å²) in [6, 6.07) is 0.433. The minimum absolute atomic E-state index is 0.291. The maximum Gasteiger partial charge on any atom is 0.347 e. The average molecular weight is 240 g/mol. The van der Waals surface area contributed by atoms with Gasteiger partial charge in [0.15, 0.2) is 5.13 Å². The Balaban J connectivity index is 1.97. The molecule has 1 fully saturated rings. The van der Waals surface area contributed by atoms with E-state index < -0.39 is 5.97 Å². The first-order valence-corrected chi connectivity index (χ1v) is 6.24. The molecule has 1 heterocycles. The van der Waals surface area contributed by atoms with E-state index >= 15 is 0 Å². The number of aromatic nitrogens is 1. The van der Waals surface area contributed by atoms with E-state index in [2.05, 4.69) is 24.1 Å². The molecule has 1 aromatic heterocycles. The van der Waals surface area contributed by atoms with Crippen molar-refractivity contribution in [3.63, 3.8) is 0 Å². The van der Waals surface area contributed by atoms with Crippen LogP contribution < -0.4 is 5.32 Å². The first kappa shape index (κ1) is 11.4. The summed E-state index contributed by atoms with van der Waals surface area (Å²) in [7, 11) is 0. The third-order valence-electron chi connectivity index (χ3n) is 3.01. The normalized spacial score (nSPS) is 23.2. The Morgan fingerprint density at radius 1 is 1.69 bits per heavy atom. The summed E-state index contributed by atoms with van der Waals surface area (Å²) >= 11 is 1.21. The van der Waals surface area contributed by atoms with Gasteiger partial charge in [0.05, 0.1) is 6.20 Å². The molecule has 0 saturated heterocycles. The Hall–Kier alpha value is -1.10. The zero-order valence-electron chi connectivity index (χ0n) is 9.49. The maximum absolute atomic E-state index is 10.7. The van der Waals surface area contributed by atoms with Crippen LogP contribution in [0.4, 0.5) is 5.13 Å². The third-order valence-corrected chi connectivity index (χ3v) is 3.93. The number of hydrogen-bond donors (Lipinski definition) is 2. The fourth-order valence-corrected chi connectivity index (χ4v) is 2.91. The Bertz CT molecular complexity index is 400. The second-order valence-electron chi connectivity index (χ2n) is 5.08. The summed E-state index contributed by atoms with van der Waals surface area (Å²) in [5.74, 6) is -0.905. The molecule has 2 rings (SSSR count). The van der Waals surface area contributed by atoms with Gasteiger partial charge in [-0.05, 0) is 24.7 Å². The number of carbonyl (C=O) groups is 1. The third kappa shape index (κ3) is 2.52. The number of thiazole rings is 1. The molecular formula is C11H16N2O2S. The molecule has 2 N–H and O–H groups in total. The van der Waals surface area contributed by atoms with Crippen LogP contribution in [-0.2, 0) is 0 Å². The van der Waals surface area contributed by atoms with Gasteiger partial charge in [0.2, 0.25) is 0 Å². The molecule has 0 aromatic carbocycles. The summed E-state index contributed by atoms with van der Waals surface area (Å²) in [5.41, 5.74) is 0.393. The van der Waals surface area contributed by atoms with Gasteiger partial charge in [0.1, 0.15) is 4.88 Å². The Morgan fingerprint density at radius 2 is 2.44 bits per heavy atom.